The minimum absolute atomic E-state index is 0.0192. The summed E-state index contributed by atoms with van der Waals surface area (Å²) in [6.07, 6.45) is 1.41. The first kappa shape index (κ1) is 10.4. The zero-order chi connectivity index (χ0) is 11.7. The summed E-state index contributed by atoms with van der Waals surface area (Å²) < 4.78 is 0.958. The Morgan fingerprint density at radius 2 is 2.00 bits per heavy atom. The van der Waals surface area contributed by atoms with Crippen molar-refractivity contribution in [2.24, 2.45) is 0 Å². The van der Waals surface area contributed by atoms with Gasteiger partial charge in [-0.25, -0.2) is 0 Å². The van der Waals surface area contributed by atoms with E-state index in [2.05, 4.69) is 4.98 Å². The van der Waals surface area contributed by atoms with Crippen LogP contribution in [0.15, 0.2) is 30.5 Å². The van der Waals surface area contributed by atoms with E-state index in [-0.39, 0.29) is 10.5 Å². The number of nitrogens with zero attached hydrogens (tertiary/aromatic N) is 2. The topological polar surface area (TPSA) is 84.1 Å². The molecule has 0 amide bonds. The highest BCUT2D eigenvalue weighted by molar-refractivity contribution is 7.71. The summed E-state index contributed by atoms with van der Waals surface area (Å²) in [5, 5.41) is 19.7. The fraction of sp³-hybridized carbons (Fsp3) is 0. The lowest BCUT2D eigenvalue weighted by atomic mass is 10.1. The number of benzene rings is 1. The highest BCUT2D eigenvalue weighted by atomic mass is 32.1. The summed E-state index contributed by atoms with van der Waals surface area (Å²) in [6, 6.07) is 5.94. The van der Waals surface area contributed by atoms with E-state index in [1.165, 1.54) is 18.3 Å². The molecule has 0 aliphatic rings. The molecule has 1 aromatic carbocycles. The molecule has 2 N–H and O–H groups in total. The summed E-state index contributed by atoms with van der Waals surface area (Å²) in [4.78, 5) is 12.7. The number of hydrogen-bond donors (Lipinski definition) is 2. The van der Waals surface area contributed by atoms with Crippen LogP contribution in [-0.4, -0.2) is 19.8 Å². The third-order valence-electron chi connectivity index (χ3n) is 2.09. The molecule has 2 aromatic rings. The van der Waals surface area contributed by atoms with E-state index in [1.807, 2.05) is 0 Å². The van der Waals surface area contributed by atoms with E-state index in [1.54, 1.807) is 12.1 Å². The molecule has 2 rings (SSSR count). The molecule has 0 aliphatic heterocycles. The van der Waals surface area contributed by atoms with Gasteiger partial charge in [0.1, 0.15) is 0 Å². The normalized spacial score (nSPS) is 10.2. The van der Waals surface area contributed by atoms with Gasteiger partial charge in [0.05, 0.1) is 16.8 Å². The molecule has 0 atom stereocenters. The van der Waals surface area contributed by atoms with Crippen molar-refractivity contribution in [1.82, 2.24) is 9.71 Å². The molecule has 0 fully saturated rings. The standard InChI is InChI=1S/C9H7N3O3S/c13-11-5-8(10-9(11)16)6-1-3-7(4-2-6)12(14)15/h1-5,13H,(H,10,16). The number of rotatable bonds is 2. The summed E-state index contributed by atoms with van der Waals surface area (Å²) in [6.45, 7) is 0. The predicted molar refractivity (Wildman–Crippen MR) is 58.9 cm³/mol. The van der Waals surface area contributed by atoms with Crippen molar-refractivity contribution < 1.29 is 10.1 Å². The van der Waals surface area contributed by atoms with Crippen molar-refractivity contribution in [3.63, 3.8) is 0 Å². The lowest BCUT2D eigenvalue weighted by molar-refractivity contribution is -0.384. The van der Waals surface area contributed by atoms with Crippen LogP contribution in [0.4, 0.5) is 5.69 Å². The maximum atomic E-state index is 10.4. The van der Waals surface area contributed by atoms with Gasteiger partial charge in [-0.2, -0.15) is 4.73 Å². The highest BCUT2D eigenvalue weighted by Gasteiger charge is 2.06. The summed E-state index contributed by atoms with van der Waals surface area (Å²) in [7, 11) is 0. The maximum absolute atomic E-state index is 10.4. The highest BCUT2D eigenvalue weighted by Crippen LogP contribution is 2.20. The minimum Gasteiger partial charge on any atom is -0.426 e. The molecular weight excluding hydrogens is 230 g/mol. The first-order valence-electron chi connectivity index (χ1n) is 4.33. The van der Waals surface area contributed by atoms with Crippen molar-refractivity contribution in [3.8, 4) is 11.3 Å². The Morgan fingerprint density at radius 1 is 1.38 bits per heavy atom. The molecule has 0 bridgehead atoms. The Kier molecular flexibility index (Phi) is 2.45. The third kappa shape index (κ3) is 1.80. The van der Waals surface area contributed by atoms with E-state index >= 15 is 0 Å². The van der Waals surface area contributed by atoms with Crippen LogP contribution in [0.2, 0.25) is 0 Å². The van der Waals surface area contributed by atoms with E-state index < -0.39 is 4.92 Å². The monoisotopic (exact) mass is 237 g/mol. The predicted octanol–water partition coefficient (Wildman–Crippen LogP) is 2.36. The molecule has 0 saturated heterocycles. The molecular formula is C9H7N3O3S. The van der Waals surface area contributed by atoms with Crippen molar-refractivity contribution in [1.29, 1.82) is 0 Å². The van der Waals surface area contributed by atoms with Crippen LogP contribution in [0.25, 0.3) is 11.3 Å². The Morgan fingerprint density at radius 3 is 2.44 bits per heavy atom. The average molecular weight is 237 g/mol. The number of nitrogens with one attached hydrogen (secondary N) is 1. The molecule has 7 heteroatoms. The van der Waals surface area contributed by atoms with Gasteiger partial charge >= 0.3 is 0 Å². The number of non-ortho nitro benzene ring substituents is 1. The van der Waals surface area contributed by atoms with Gasteiger partial charge in [-0.05, 0) is 24.4 Å². The Bertz CT molecular complexity index is 585. The number of imidazole rings is 1. The van der Waals surface area contributed by atoms with Gasteiger partial charge in [-0.15, -0.1) is 0 Å². The number of H-pyrrole nitrogens is 1. The van der Waals surface area contributed by atoms with Gasteiger partial charge in [-0.3, -0.25) is 10.1 Å². The Balaban J connectivity index is 2.42. The van der Waals surface area contributed by atoms with E-state index in [0.717, 1.165) is 4.73 Å². The first-order valence-corrected chi connectivity index (χ1v) is 4.74. The van der Waals surface area contributed by atoms with Gasteiger partial charge in [0, 0.05) is 17.7 Å². The zero-order valence-corrected chi connectivity index (χ0v) is 8.77. The quantitative estimate of drug-likeness (QED) is 0.363. The molecule has 82 valence electrons. The summed E-state index contributed by atoms with van der Waals surface area (Å²) >= 11 is 4.79. The van der Waals surface area contributed by atoms with Gasteiger partial charge in [-0.1, -0.05) is 0 Å². The van der Waals surface area contributed by atoms with Crippen LogP contribution in [0, 0.1) is 14.9 Å². The van der Waals surface area contributed by atoms with Crippen molar-refractivity contribution in [2.45, 2.75) is 0 Å². The lowest BCUT2D eigenvalue weighted by Crippen LogP contribution is -1.87. The van der Waals surface area contributed by atoms with Crippen LogP contribution >= 0.6 is 12.2 Å². The van der Waals surface area contributed by atoms with Crippen molar-refractivity contribution in [2.75, 3.05) is 0 Å². The van der Waals surface area contributed by atoms with Crippen molar-refractivity contribution >= 4 is 17.9 Å². The Labute approximate surface area is 94.9 Å². The zero-order valence-electron chi connectivity index (χ0n) is 7.95. The van der Waals surface area contributed by atoms with Crippen LogP contribution in [0.5, 0.6) is 0 Å². The Hall–Kier alpha value is -2.15. The van der Waals surface area contributed by atoms with Crippen LogP contribution in [-0.2, 0) is 0 Å². The van der Waals surface area contributed by atoms with E-state index in [9.17, 15) is 15.3 Å². The molecule has 1 aromatic heterocycles. The second-order valence-electron chi connectivity index (χ2n) is 3.12. The molecule has 16 heavy (non-hydrogen) atoms. The van der Waals surface area contributed by atoms with Gasteiger partial charge in [0.15, 0.2) is 0 Å². The maximum Gasteiger partial charge on any atom is 0.269 e. The fourth-order valence-corrected chi connectivity index (χ4v) is 1.46. The van der Waals surface area contributed by atoms with Crippen molar-refractivity contribution in [3.05, 3.63) is 45.3 Å². The third-order valence-corrected chi connectivity index (χ3v) is 2.38. The molecule has 0 radical (unpaired) electrons. The molecule has 0 saturated carbocycles. The fourth-order valence-electron chi connectivity index (χ4n) is 1.30. The SMILES string of the molecule is O=[N+]([O-])c1ccc(-c2cn(O)c(=S)[nH]2)cc1. The second kappa shape index (κ2) is 3.78. The first-order chi connectivity index (χ1) is 7.58. The van der Waals surface area contributed by atoms with Crippen LogP contribution < -0.4 is 0 Å². The molecule has 6 nitrogen and oxygen atoms in total. The second-order valence-corrected chi connectivity index (χ2v) is 3.51. The van der Waals surface area contributed by atoms with Gasteiger partial charge in [0.25, 0.3) is 5.69 Å². The molecule has 0 aliphatic carbocycles. The molecule has 0 spiro atoms. The number of aromatic amines is 1. The van der Waals surface area contributed by atoms with Gasteiger partial charge < -0.3 is 10.2 Å². The molecule has 0 unspecified atom stereocenters. The van der Waals surface area contributed by atoms with E-state index in [4.69, 9.17) is 12.2 Å². The number of aromatic nitrogens is 2. The van der Waals surface area contributed by atoms with Crippen LogP contribution in [0.1, 0.15) is 0 Å². The average Bonchev–Trinajstić information content (AvgIpc) is 2.59. The number of nitro groups is 1. The summed E-state index contributed by atoms with van der Waals surface area (Å²) in [5.74, 6) is 0. The minimum atomic E-state index is -0.469. The smallest absolute Gasteiger partial charge is 0.269 e. The van der Waals surface area contributed by atoms with Crippen LogP contribution in [0.3, 0.4) is 0 Å². The largest absolute Gasteiger partial charge is 0.426 e. The van der Waals surface area contributed by atoms with Gasteiger partial charge in [0.2, 0.25) is 4.77 Å². The number of hydrogen-bond acceptors (Lipinski definition) is 4. The molecule has 1 heterocycles. The number of nitro benzene ring substituents is 1. The van der Waals surface area contributed by atoms with E-state index in [0.29, 0.717) is 11.3 Å². The summed E-state index contributed by atoms with van der Waals surface area (Å²) in [5.41, 5.74) is 1.33. The lowest BCUT2D eigenvalue weighted by Gasteiger charge is -1.96.